The number of hydrogen-bond donors (Lipinski definition) is 1. The summed E-state index contributed by atoms with van der Waals surface area (Å²) >= 11 is 12.2. The van der Waals surface area contributed by atoms with Gasteiger partial charge in [0.05, 0.1) is 10.6 Å². The minimum Gasteiger partial charge on any atom is -0.484 e. The molecule has 4 rings (SSSR count). The van der Waals surface area contributed by atoms with E-state index in [0.29, 0.717) is 10.0 Å². The second kappa shape index (κ2) is 4.78. The van der Waals surface area contributed by atoms with Gasteiger partial charge in [-0.25, -0.2) is 0 Å². The molecule has 6 heteroatoms. The van der Waals surface area contributed by atoms with Crippen LogP contribution in [0.3, 0.4) is 0 Å². The maximum Gasteiger partial charge on any atom is 0.372 e. The molecule has 0 amide bonds. The first-order chi connectivity index (χ1) is 10.2. The van der Waals surface area contributed by atoms with E-state index < -0.39 is 0 Å². The number of nitrogens with one attached hydrogen (secondary N) is 1. The molecule has 2 aromatic rings. The van der Waals surface area contributed by atoms with Gasteiger partial charge in [0, 0.05) is 17.0 Å². The molecular formula is C15H10Cl2N3O+. The average Bonchev–Trinajstić information content (AvgIpc) is 2.81. The molecule has 1 N–H and O–H groups in total. The third-order valence-corrected chi connectivity index (χ3v) is 4.09. The van der Waals surface area contributed by atoms with Gasteiger partial charge in [0.2, 0.25) is 0 Å². The van der Waals surface area contributed by atoms with Gasteiger partial charge in [-0.1, -0.05) is 35.3 Å². The van der Waals surface area contributed by atoms with E-state index in [1.54, 1.807) is 6.07 Å². The highest BCUT2D eigenvalue weighted by Gasteiger charge is 2.28. The second-order valence-corrected chi connectivity index (χ2v) is 5.82. The minimum atomic E-state index is -0.0615. The van der Waals surface area contributed by atoms with Gasteiger partial charge in [-0.05, 0) is 29.8 Å². The van der Waals surface area contributed by atoms with Crippen LogP contribution in [0.15, 0.2) is 41.6 Å². The van der Waals surface area contributed by atoms with Gasteiger partial charge in [-0.15, -0.1) is 10.2 Å². The van der Waals surface area contributed by atoms with E-state index in [1.165, 1.54) is 0 Å². The third kappa shape index (κ3) is 2.18. The lowest BCUT2D eigenvalue weighted by molar-refractivity contribution is -0.140. The molecule has 2 heterocycles. The van der Waals surface area contributed by atoms with Crippen LogP contribution >= 0.6 is 23.2 Å². The number of amidine groups is 1. The van der Waals surface area contributed by atoms with Crippen LogP contribution in [0.5, 0.6) is 5.75 Å². The Balaban J connectivity index is 1.67. The van der Waals surface area contributed by atoms with Crippen molar-refractivity contribution in [1.82, 2.24) is 5.43 Å². The first kappa shape index (κ1) is 12.7. The van der Waals surface area contributed by atoms with Crippen molar-refractivity contribution in [2.75, 3.05) is 0 Å². The molecule has 0 radical (unpaired) electrons. The molecule has 2 aliphatic heterocycles. The van der Waals surface area contributed by atoms with Crippen LogP contribution in [0.4, 0.5) is 0 Å². The molecule has 0 aromatic heterocycles. The molecule has 0 spiro atoms. The Morgan fingerprint density at radius 2 is 2.10 bits per heavy atom. The fraction of sp³-hybridized carbons (Fsp3) is 0.133. The van der Waals surface area contributed by atoms with E-state index in [0.717, 1.165) is 34.7 Å². The Morgan fingerprint density at radius 1 is 1.24 bits per heavy atom. The van der Waals surface area contributed by atoms with Crippen molar-refractivity contribution >= 4 is 29.0 Å². The zero-order valence-corrected chi connectivity index (χ0v) is 12.3. The summed E-state index contributed by atoms with van der Waals surface area (Å²) in [5.41, 5.74) is 5.92. The summed E-state index contributed by atoms with van der Waals surface area (Å²) in [7, 11) is 0. The van der Waals surface area contributed by atoms with E-state index in [1.807, 2.05) is 30.3 Å². The number of ether oxygens (including phenoxy) is 1. The fourth-order valence-corrected chi connectivity index (χ4v) is 3.16. The topological polar surface area (TPSA) is 47.7 Å². The van der Waals surface area contributed by atoms with Gasteiger partial charge in [0.1, 0.15) is 17.1 Å². The van der Waals surface area contributed by atoms with Crippen molar-refractivity contribution in [3.8, 4) is 5.75 Å². The molecule has 0 saturated heterocycles. The number of rotatable bonds is 2. The lowest BCUT2D eigenvalue weighted by Gasteiger charge is -2.12. The van der Waals surface area contributed by atoms with Crippen molar-refractivity contribution < 1.29 is 9.53 Å². The molecule has 0 saturated carbocycles. The highest BCUT2D eigenvalue weighted by molar-refractivity contribution is 6.35. The maximum absolute atomic E-state index is 6.19. The monoisotopic (exact) mass is 318 g/mol. The zero-order valence-electron chi connectivity index (χ0n) is 10.8. The Kier molecular flexibility index (Phi) is 2.89. The quantitative estimate of drug-likeness (QED) is 0.860. The Bertz CT molecular complexity index is 813. The van der Waals surface area contributed by atoms with E-state index in [9.17, 15) is 0 Å². The molecule has 1 unspecified atom stereocenters. The van der Waals surface area contributed by atoms with Crippen LogP contribution in [0.2, 0.25) is 10.0 Å². The van der Waals surface area contributed by atoms with Gasteiger partial charge >= 0.3 is 5.84 Å². The van der Waals surface area contributed by atoms with Gasteiger partial charge in [-0.3, -0.25) is 0 Å². The summed E-state index contributed by atoms with van der Waals surface area (Å²) in [6.45, 7) is 0. The smallest absolute Gasteiger partial charge is 0.372 e. The molecular weight excluding hydrogens is 309 g/mol. The minimum absolute atomic E-state index is 0.0615. The van der Waals surface area contributed by atoms with E-state index in [-0.39, 0.29) is 6.10 Å². The number of fused-ring (bicyclic) bond motifs is 1. The maximum atomic E-state index is 6.19. The van der Waals surface area contributed by atoms with Crippen LogP contribution in [0, 0.1) is 0 Å². The molecule has 4 nitrogen and oxygen atoms in total. The average molecular weight is 319 g/mol. The first-order valence-corrected chi connectivity index (χ1v) is 7.25. The Labute approximate surface area is 131 Å². The molecule has 2 aliphatic rings. The summed E-state index contributed by atoms with van der Waals surface area (Å²) in [4.78, 5) is 3.92. The second-order valence-electron chi connectivity index (χ2n) is 4.97. The van der Waals surface area contributed by atoms with Crippen molar-refractivity contribution in [1.29, 1.82) is 0 Å². The fourth-order valence-electron chi connectivity index (χ4n) is 2.58. The number of hydrogen-bond acceptors (Lipinski definition) is 3. The third-order valence-electron chi connectivity index (χ3n) is 3.59. The van der Waals surface area contributed by atoms with E-state index >= 15 is 0 Å². The molecule has 0 fully saturated rings. The van der Waals surface area contributed by atoms with Crippen LogP contribution in [0.25, 0.3) is 0 Å². The van der Waals surface area contributed by atoms with Gasteiger partial charge in [-0.2, -0.15) is 0 Å². The lowest BCUT2D eigenvalue weighted by Crippen LogP contribution is -2.27. The summed E-state index contributed by atoms with van der Waals surface area (Å²) in [6, 6.07) is 11.7. The summed E-state index contributed by atoms with van der Waals surface area (Å²) in [5, 5.41) is 4.82. The number of benzene rings is 2. The largest absolute Gasteiger partial charge is 0.484 e. The Morgan fingerprint density at radius 3 is 2.86 bits per heavy atom. The molecule has 0 aliphatic carbocycles. The van der Waals surface area contributed by atoms with Gasteiger partial charge < -0.3 is 4.74 Å². The molecule has 2 aromatic carbocycles. The molecule has 0 bridgehead atoms. The van der Waals surface area contributed by atoms with Crippen molar-refractivity contribution in [3.05, 3.63) is 63.1 Å². The van der Waals surface area contributed by atoms with Gasteiger partial charge in [0.15, 0.2) is 0 Å². The standard InChI is InChI=1S/C15H9Cl2N3O/c16-11-5-10-6-13(21-14(10)12(17)7-11)8-2-1-3-9(4-8)15-18-20-19-15/h1-5,7,13H,6H2/p+1. The van der Waals surface area contributed by atoms with Crippen LogP contribution in [0.1, 0.15) is 22.8 Å². The van der Waals surface area contributed by atoms with E-state index in [4.69, 9.17) is 27.9 Å². The van der Waals surface area contributed by atoms with Crippen LogP contribution < -0.4 is 10.2 Å². The highest BCUT2D eigenvalue weighted by Crippen LogP contribution is 2.43. The molecule has 104 valence electrons. The van der Waals surface area contributed by atoms with Crippen molar-refractivity contribution in [2.24, 2.45) is 5.22 Å². The number of halogens is 2. The van der Waals surface area contributed by atoms with Crippen LogP contribution in [-0.2, 0) is 6.42 Å². The number of nitrogens with zero attached hydrogens (tertiary/aromatic N) is 2. The molecule has 21 heavy (non-hydrogen) atoms. The van der Waals surface area contributed by atoms with Gasteiger partial charge in [0.25, 0.3) is 0 Å². The SMILES string of the molecule is Clc1cc(Cl)c2c(c1)CC(c1cccc(C3=[N+]=NN3)c1)O2. The highest BCUT2D eigenvalue weighted by atomic mass is 35.5. The van der Waals surface area contributed by atoms with Crippen molar-refractivity contribution in [3.63, 3.8) is 0 Å². The normalized spacial score (nSPS) is 18.4. The zero-order chi connectivity index (χ0) is 14.4. The predicted molar refractivity (Wildman–Crippen MR) is 79.9 cm³/mol. The summed E-state index contributed by atoms with van der Waals surface area (Å²) in [6.07, 6.45) is 0.692. The predicted octanol–water partition coefficient (Wildman–Crippen LogP) is 3.59. The van der Waals surface area contributed by atoms with Crippen molar-refractivity contribution in [2.45, 2.75) is 12.5 Å². The lowest BCUT2D eigenvalue weighted by atomic mass is 10.0. The molecule has 1 atom stereocenters. The first-order valence-electron chi connectivity index (χ1n) is 6.49. The summed E-state index contributed by atoms with van der Waals surface area (Å²) < 4.78 is 5.99. The van der Waals surface area contributed by atoms with E-state index in [2.05, 4.69) is 15.4 Å². The summed E-state index contributed by atoms with van der Waals surface area (Å²) in [5.74, 6) is 1.50. The van der Waals surface area contributed by atoms with Crippen LogP contribution in [-0.4, -0.2) is 10.6 Å². The Hall–Kier alpha value is -2.00.